The van der Waals surface area contributed by atoms with Crippen LogP contribution in [0.15, 0.2) is 73.2 Å². The van der Waals surface area contributed by atoms with Crippen LogP contribution in [0.5, 0.6) is 5.75 Å². The lowest BCUT2D eigenvalue weighted by molar-refractivity contribution is 0.215. The van der Waals surface area contributed by atoms with Crippen molar-refractivity contribution in [2.24, 2.45) is 0 Å². The maximum Gasteiger partial charge on any atom is 0.417 e. The third kappa shape index (κ3) is 4.93. The van der Waals surface area contributed by atoms with Crippen molar-refractivity contribution >= 4 is 59.0 Å². The number of rotatable bonds is 5. The third-order valence-corrected chi connectivity index (χ3v) is 7.50. The Morgan fingerprint density at radius 3 is 2.85 bits per heavy atom. The number of aromatic nitrogens is 3. The molecule has 168 valence electrons. The topological polar surface area (TPSA) is 72.3 Å². The molecule has 0 aliphatic carbocycles. The van der Waals surface area contributed by atoms with Gasteiger partial charge in [0.25, 0.3) is 0 Å². The summed E-state index contributed by atoms with van der Waals surface area (Å²) < 4.78 is 7.40. The molecule has 1 saturated heterocycles. The fraction of sp³-hybridized carbons (Fsp3) is 0.208. The van der Waals surface area contributed by atoms with E-state index >= 15 is 0 Å². The Morgan fingerprint density at radius 2 is 2.00 bits per heavy atom. The van der Waals surface area contributed by atoms with Crippen molar-refractivity contribution in [3.05, 3.63) is 78.8 Å². The Bertz CT molecular complexity index is 1270. The van der Waals surface area contributed by atoms with E-state index in [4.69, 9.17) is 4.74 Å². The van der Waals surface area contributed by atoms with Gasteiger partial charge < -0.3 is 9.64 Å². The zero-order chi connectivity index (χ0) is 22.6. The molecule has 1 amide bonds. The summed E-state index contributed by atoms with van der Waals surface area (Å²) in [5, 5.41) is 3.92. The molecule has 5 rings (SSSR count). The molecule has 33 heavy (non-hydrogen) atoms. The summed E-state index contributed by atoms with van der Waals surface area (Å²) in [7, 11) is 1.60. The van der Waals surface area contributed by atoms with Crippen molar-refractivity contribution < 1.29 is 9.53 Å². The molecule has 1 N–H and O–H groups in total. The molecule has 1 atom stereocenters. The lowest BCUT2D eigenvalue weighted by Crippen LogP contribution is -2.35. The van der Waals surface area contributed by atoms with Gasteiger partial charge >= 0.3 is 6.09 Å². The van der Waals surface area contributed by atoms with E-state index in [2.05, 4.69) is 53.5 Å². The molecule has 9 heteroatoms. The van der Waals surface area contributed by atoms with Crippen LogP contribution in [0.3, 0.4) is 0 Å². The van der Waals surface area contributed by atoms with E-state index in [9.17, 15) is 4.79 Å². The number of carbonyl (C=O) groups excluding carboxylic acids is 1. The number of amides is 1. The molecule has 3 heterocycles. The van der Waals surface area contributed by atoms with Gasteiger partial charge in [-0.25, -0.2) is 14.8 Å². The zero-order valence-corrected chi connectivity index (χ0v) is 20.7. The highest BCUT2D eigenvalue weighted by atomic mass is 127. The van der Waals surface area contributed by atoms with Gasteiger partial charge in [-0.3, -0.25) is 9.29 Å². The Kier molecular flexibility index (Phi) is 6.68. The number of fused-ring (bicyclic) bond motifs is 1. The lowest BCUT2D eigenvalue weighted by Gasteiger charge is -2.34. The molecule has 0 bridgehead atoms. The van der Waals surface area contributed by atoms with E-state index in [0.29, 0.717) is 11.7 Å². The van der Waals surface area contributed by atoms with E-state index in [1.807, 2.05) is 46.6 Å². The first-order chi connectivity index (χ1) is 16.2. The predicted octanol–water partition coefficient (Wildman–Crippen LogP) is 6.27. The second kappa shape index (κ2) is 10.0. The molecule has 2 aromatic heterocycles. The van der Waals surface area contributed by atoms with E-state index in [1.165, 1.54) is 5.56 Å². The molecule has 1 aliphatic heterocycles. The molecule has 0 spiro atoms. The van der Waals surface area contributed by atoms with Crippen LogP contribution < -0.4 is 15.0 Å². The molecule has 0 radical (unpaired) electrons. The maximum absolute atomic E-state index is 12.3. The summed E-state index contributed by atoms with van der Waals surface area (Å²) in [6.07, 6.45) is 5.35. The van der Waals surface area contributed by atoms with Crippen molar-refractivity contribution in [2.75, 3.05) is 23.3 Å². The lowest BCUT2D eigenvalue weighted by atomic mass is 9.90. The number of benzene rings is 2. The Labute approximate surface area is 208 Å². The normalized spacial score (nSPS) is 16.0. The number of carbonyl (C=O) groups is 1. The van der Waals surface area contributed by atoms with Gasteiger partial charge in [0.1, 0.15) is 17.9 Å². The van der Waals surface area contributed by atoms with Crippen molar-refractivity contribution in [3.8, 4) is 5.75 Å². The van der Waals surface area contributed by atoms with Crippen LogP contribution in [0.4, 0.5) is 16.3 Å². The first-order valence-electron chi connectivity index (χ1n) is 10.7. The Morgan fingerprint density at radius 1 is 1.12 bits per heavy atom. The first kappa shape index (κ1) is 22.0. The molecule has 2 aromatic carbocycles. The standard InChI is InChI=1S/C24H22IN5O2S/c25-33-30-13-11-21-22(26-16-27-23(21)30)29-12-5-7-18(15-29)17-6-4-8-19(14-17)28-24(31)32-20-9-2-1-3-10-20/h1-4,6,8-11,13-14,16,18H,5,7,12,15H2,(H,28,31). The number of nitrogens with zero attached hydrogens (tertiary/aromatic N) is 4. The Hall–Kier alpha value is -2.79. The van der Waals surface area contributed by atoms with Crippen LogP contribution in [0.25, 0.3) is 11.0 Å². The van der Waals surface area contributed by atoms with Crippen LogP contribution in [0, 0.1) is 0 Å². The molecule has 1 unspecified atom stereocenters. The van der Waals surface area contributed by atoms with Gasteiger partial charge in [-0.1, -0.05) is 30.3 Å². The van der Waals surface area contributed by atoms with Gasteiger partial charge in [0, 0.05) is 61.2 Å². The van der Waals surface area contributed by atoms with Crippen LogP contribution in [-0.4, -0.2) is 33.1 Å². The molecule has 0 saturated carbocycles. The monoisotopic (exact) mass is 571 g/mol. The number of halogens is 1. The number of para-hydroxylation sites is 1. The molecule has 1 fully saturated rings. The summed E-state index contributed by atoms with van der Waals surface area (Å²) in [6, 6.07) is 19.2. The number of ether oxygens (including phenoxy) is 1. The number of piperidine rings is 1. The van der Waals surface area contributed by atoms with E-state index < -0.39 is 6.09 Å². The minimum absolute atomic E-state index is 0.344. The minimum Gasteiger partial charge on any atom is -0.410 e. The summed E-state index contributed by atoms with van der Waals surface area (Å²) in [6.45, 7) is 1.83. The van der Waals surface area contributed by atoms with Crippen LogP contribution in [0.1, 0.15) is 24.3 Å². The second-order valence-electron chi connectivity index (χ2n) is 7.88. The van der Waals surface area contributed by atoms with Gasteiger partial charge in [0.2, 0.25) is 0 Å². The van der Waals surface area contributed by atoms with Gasteiger partial charge in [-0.15, -0.1) is 0 Å². The maximum atomic E-state index is 12.3. The fourth-order valence-corrected chi connectivity index (χ4v) is 5.54. The number of hydrogen-bond acceptors (Lipinski definition) is 6. The van der Waals surface area contributed by atoms with Crippen LogP contribution >= 0.6 is 30.3 Å². The largest absolute Gasteiger partial charge is 0.417 e. The highest BCUT2D eigenvalue weighted by Crippen LogP contribution is 2.34. The average molecular weight is 571 g/mol. The fourth-order valence-electron chi connectivity index (χ4n) is 4.27. The van der Waals surface area contributed by atoms with Crippen LogP contribution in [-0.2, 0) is 0 Å². The molecular formula is C24H22IN5O2S. The summed E-state index contributed by atoms with van der Waals surface area (Å²) in [5.74, 6) is 1.84. The number of anilines is 2. The molecule has 7 nitrogen and oxygen atoms in total. The quantitative estimate of drug-likeness (QED) is 0.285. The Balaban J connectivity index is 1.31. The van der Waals surface area contributed by atoms with Crippen molar-refractivity contribution in [1.82, 2.24) is 13.9 Å². The SMILES string of the molecule is O=C(Nc1cccc(C2CCCN(c3ncnc4c3ccn4SI)C2)c1)Oc1ccccc1. The van der Waals surface area contributed by atoms with Crippen molar-refractivity contribution in [1.29, 1.82) is 0 Å². The predicted molar refractivity (Wildman–Crippen MR) is 141 cm³/mol. The average Bonchev–Trinajstić information content (AvgIpc) is 3.28. The second-order valence-corrected chi connectivity index (χ2v) is 9.60. The number of hydrogen-bond donors (Lipinski definition) is 1. The smallest absolute Gasteiger partial charge is 0.410 e. The van der Waals surface area contributed by atoms with Gasteiger partial charge in [-0.05, 0) is 48.7 Å². The third-order valence-electron chi connectivity index (χ3n) is 5.78. The van der Waals surface area contributed by atoms with Gasteiger partial charge in [0.15, 0.2) is 5.65 Å². The van der Waals surface area contributed by atoms with Crippen molar-refractivity contribution in [3.63, 3.8) is 0 Å². The number of nitrogens with one attached hydrogen (secondary N) is 1. The zero-order valence-electron chi connectivity index (χ0n) is 17.7. The molecule has 4 aromatic rings. The summed E-state index contributed by atoms with van der Waals surface area (Å²) in [4.78, 5) is 23.7. The van der Waals surface area contributed by atoms with E-state index in [1.54, 1.807) is 27.6 Å². The molecular weight excluding hydrogens is 549 g/mol. The van der Waals surface area contributed by atoms with Crippen molar-refractivity contribution in [2.45, 2.75) is 18.8 Å². The summed E-state index contributed by atoms with van der Waals surface area (Å²) in [5.41, 5.74) is 2.86. The summed E-state index contributed by atoms with van der Waals surface area (Å²) >= 11 is 2.26. The highest BCUT2D eigenvalue weighted by molar-refractivity contribution is 14.2. The van der Waals surface area contributed by atoms with E-state index in [-0.39, 0.29) is 0 Å². The minimum atomic E-state index is -0.496. The highest BCUT2D eigenvalue weighted by Gasteiger charge is 2.24. The first-order valence-corrected chi connectivity index (χ1v) is 14.0. The van der Waals surface area contributed by atoms with Gasteiger partial charge in [0.05, 0.1) is 5.39 Å². The van der Waals surface area contributed by atoms with E-state index in [0.717, 1.165) is 48.5 Å². The molecule has 1 aliphatic rings. The van der Waals surface area contributed by atoms with Gasteiger partial charge in [-0.2, -0.15) is 0 Å². The van der Waals surface area contributed by atoms with Crippen LogP contribution in [0.2, 0.25) is 0 Å².